The zero-order chi connectivity index (χ0) is 36.1. The molecule has 0 saturated carbocycles. The van der Waals surface area contributed by atoms with Crippen LogP contribution in [0, 0.1) is 11.3 Å². The molecule has 0 spiro atoms. The summed E-state index contributed by atoms with van der Waals surface area (Å²) >= 11 is 1.11. The van der Waals surface area contributed by atoms with E-state index >= 15 is 0 Å². The fraction of sp³-hybridized carbons (Fsp3) is 0.444. The maximum absolute atomic E-state index is 13.9. The number of thiophene rings is 1. The molecule has 1 fully saturated rings. The number of carboxylic acid groups (broad SMARTS) is 1. The van der Waals surface area contributed by atoms with Crippen LogP contribution in [0.4, 0.5) is 5.69 Å². The first-order valence-electron chi connectivity index (χ1n) is 16.8. The number of aliphatic imine (C=N–C) groups is 1. The smallest absolute Gasteiger partial charge is 0.326 e. The van der Waals surface area contributed by atoms with E-state index in [0.717, 1.165) is 60.3 Å². The number of nitrogens with zero attached hydrogens (tertiary/aromatic N) is 2. The zero-order valence-electron chi connectivity index (χ0n) is 28.6. The van der Waals surface area contributed by atoms with Crippen LogP contribution >= 0.6 is 11.3 Å². The number of ether oxygens (including phenoxy) is 1. The number of likely N-dealkylation sites (tertiary alicyclic amines) is 1. The lowest BCUT2D eigenvalue weighted by Gasteiger charge is -2.44. The number of nitrogens with two attached hydrogens (primary N) is 2. The van der Waals surface area contributed by atoms with Crippen molar-refractivity contribution in [3.63, 3.8) is 0 Å². The van der Waals surface area contributed by atoms with Crippen LogP contribution in [0.1, 0.15) is 67.3 Å². The maximum Gasteiger partial charge on any atom is 0.326 e. The van der Waals surface area contributed by atoms with E-state index in [9.17, 15) is 23.7 Å². The number of amides is 1. The minimum Gasteiger partial charge on any atom is -0.492 e. The molecule has 5 rings (SSSR count). The van der Waals surface area contributed by atoms with Gasteiger partial charge in [-0.1, -0.05) is 44.2 Å². The van der Waals surface area contributed by atoms with Crippen molar-refractivity contribution in [2.45, 2.75) is 69.4 Å². The van der Waals surface area contributed by atoms with E-state index < -0.39 is 28.9 Å². The molecule has 1 aromatic carbocycles. The van der Waals surface area contributed by atoms with Crippen molar-refractivity contribution >= 4 is 57.7 Å². The van der Waals surface area contributed by atoms with E-state index in [2.05, 4.69) is 63.3 Å². The Kier molecular flexibility index (Phi) is 11.6. The summed E-state index contributed by atoms with van der Waals surface area (Å²) in [5, 5.41) is 13.9. The normalized spacial score (nSPS) is 20.5. The third kappa shape index (κ3) is 8.53. The predicted octanol–water partition coefficient (Wildman–Crippen LogP) is 4.26. The lowest BCUT2D eigenvalue weighted by Crippen LogP contribution is -2.49. The molecule has 268 valence electrons. The SMILES string of the molecule is CC(C)(C=O)C1CCN(C2(C)C=CC=C(c3cc4c(c(S(=O)Nc5ccsc5C(=O)N[C@@H](CCCN=C(N)N)C(=O)O)c3)OCC4)C=C2)CC1. The van der Waals surface area contributed by atoms with Crippen molar-refractivity contribution in [2.75, 3.05) is 31.0 Å². The summed E-state index contributed by atoms with van der Waals surface area (Å²) in [7, 11) is -1.81. The molecule has 1 aromatic heterocycles. The van der Waals surface area contributed by atoms with Crippen LogP contribution < -0.4 is 26.2 Å². The summed E-state index contributed by atoms with van der Waals surface area (Å²) in [5.41, 5.74) is 13.2. The van der Waals surface area contributed by atoms with Crippen LogP contribution in [0.3, 0.4) is 0 Å². The number of piperidine rings is 1. The first-order valence-corrected chi connectivity index (χ1v) is 18.8. The fourth-order valence-electron chi connectivity index (χ4n) is 6.60. The van der Waals surface area contributed by atoms with E-state index in [-0.39, 0.29) is 34.8 Å². The van der Waals surface area contributed by atoms with Crippen LogP contribution in [-0.2, 0) is 27.0 Å². The molecule has 0 bridgehead atoms. The summed E-state index contributed by atoms with van der Waals surface area (Å²) in [6.07, 6.45) is 14.8. The minimum atomic E-state index is -1.81. The van der Waals surface area contributed by atoms with Crippen molar-refractivity contribution in [2.24, 2.45) is 27.8 Å². The van der Waals surface area contributed by atoms with Gasteiger partial charge in [-0.2, -0.15) is 0 Å². The monoisotopic (exact) mass is 722 g/mol. The molecule has 1 aliphatic carbocycles. The average Bonchev–Trinajstić information content (AvgIpc) is 3.72. The van der Waals surface area contributed by atoms with Gasteiger partial charge in [-0.15, -0.1) is 11.3 Å². The molecule has 3 aliphatic rings. The molecule has 2 aromatic rings. The van der Waals surface area contributed by atoms with Crippen LogP contribution in [0.15, 0.2) is 63.8 Å². The number of aldehydes is 1. The number of anilines is 1. The van der Waals surface area contributed by atoms with E-state index in [1.807, 2.05) is 19.9 Å². The number of nitrogens with one attached hydrogen (secondary N) is 2. The van der Waals surface area contributed by atoms with Gasteiger partial charge >= 0.3 is 5.97 Å². The number of aliphatic carboxylic acids is 1. The first-order chi connectivity index (χ1) is 23.8. The molecular weight excluding hydrogens is 677 g/mol. The number of hydrogen-bond acceptors (Lipinski definition) is 8. The molecule has 3 heterocycles. The molecular formula is C36H46N6O6S2. The van der Waals surface area contributed by atoms with Crippen molar-refractivity contribution in [1.29, 1.82) is 0 Å². The van der Waals surface area contributed by atoms with Gasteiger partial charge in [0.15, 0.2) is 16.9 Å². The van der Waals surface area contributed by atoms with Gasteiger partial charge in [0.05, 0.1) is 17.8 Å². The Morgan fingerprint density at radius 2 is 2.02 bits per heavy atom. The predicted molar refractivity (Wildman–Crippen MR) is 198 cm³/mol. The highest BCUT2D eigenvalue weighted by molar-refractivity contribution is 7.86. The molecule has 12 nitrogen and oxygen atoms in total. The average molecular weight is 723 g/mol. The van der Waals surface area contributed by atoms with E-state index in [0.29, 0.717) is 41.7 Å². The van der Waals surface area contributed by atoms with Crippen molar-refractivity contribution in [1.82, 2.24) is 10.2 Å². The van der Waals surface area contributed by atoms with Crippen LogP contribution in [0.2, 0.25) is 0 Å². The Balaban J connectivity index is 1.30. The van der Waals surface area contributed by atoms with Crippen molar-refractivity contribution in [3.8, 4) is 5.75 Å². The molecule has 50 heavy (non-hydrogen) atoms. The quantitative estimate of drug-likeness (QED) is 0.0822. The minimum absolute atomic E-state index is 0.0872. The van der Waals surface area contributed by atoms with Crippen LogP contribution in [-0.4, -0.2) is 76.2 Å². The van der Waals surface area contributed by atoms with Crippen molar-refractivity contribution < 1.29 is 28.4 Å². The third-order valence-electron chi connectivity index (χ3n) is 9.75. The largest absolute Gasteiger partial charge is 0.492 e. The van der Waals surface area contributed by atoms with Crippen LogP contribution in [0.25, 0.3) is 5.57 Å². The number of fused-ring (bicyclic) bond motifs is 1. The highest BCUT2D eigenvalue weighted by Gasteiger charge is 2.37. The number of carbonyl (C=O) groups excluding carboxylic acids is 2. The topological polar surface area (TPSA) is 189 Å². The lowest BCUT2D eigenvalue weighted by molar-refractivity contribution is -0.139. The van der Waals surface area contributed by atoms with Gasteiger partial charge in [0.2, 0.25) is 0 Å². The summed E-state index contributed by atoms with van der Waals surface area (Å²) in [4.78, 5) is 43.6. The van der Waals surface area contributed by atoms with E-state index in [4.69, 9.17) is 16.2 Å². The van der Waals surface area contributed by atoms with Gasteiger partial charge in [-0.3, -0.25) is 19.4 Å². The first kappa shape index (κ1) is 37.0. The Morgan fingerprint density at radius 3 is 2.72 bits per heavy atom. The van der Waals surface area contributed by atoms with Gasteiger partial charge in [-0.05, 0) is 91.9 Å². The second kappa shape index (κ2) is 15.7. The lowest BCUT2D eigenvalue weighted by atomic mass is 9.74. The maximum atomic E-state index is 13.9. The number of carbonyl (C=O) groups is 3. The van der Waals surface area contributed by atoms with Gasteiger partial charge in [0, 0.05) is 18.4 Å². The number of carboxylic acids is 1. The van der Waals surface area contributed by atoms with E-state index in [1.54, 1.807) is 11.4 Å². The number of allylic oxidation sites excluding steroid dienone is 4. The number of benzene rings is 1. The Bertz CT molecular complexity index is 1750. The number of rotatable bonds is 14. The summed E-state index contributed by atoms with van der Waals surface area (Å²) in [6.45, 7) is 8.75. The molecule has 2 unspecified atom stereocenters. The van der Waals surface area contributed by atoms with Gasteiger partial charge in [-0.25, -0.2) is 9.00 Å². The second-order valence-corrected chi connectivity index (χ2v) is 15.7. The zero-order valence-corrected chi connectivity index (χ0v) is 30.3. The van der Waals surface area contributed by atoms with Gasteiger partial charge < -0.3 is 31.4 Å². The van der Waals surface area contributed by atoms with Crippen molar-refractivity contribution in [3.05, 3.63) is 70.0 Å². The summed E-state index contributed by atoms with van der Waals surface area (Å²) in [6, 6.07) is 4.42. The summed E-state index contributed by atoms with van der Waals surface area (Å²) in [5.74, 6) is -0.933. The number of hydrogen-bond donors (Lipinski definition) is 5. The molecule has 14 heteroatoms. The van der Waals surface area contributed by atoms with E-state index in [1.165, 1.54) is 0 Å². The fourth-order valence-corrected chi connectivity index (χ4v) is 8.49. The Morgan fingerprint density at radius 1 is 1.26 bits per heavy atom. The molecule has 1 saturated heterocycles. The van der Waals surface area contributed by atoms with Crippen LogP contribution in [0.5, 0.6) is 5.75 Å². The molecule has 3 atom stereocenters. The summed E-state index contributed by atoms with van der Waals surface area (Å²) < 4.78 is 22.8. The standard InChI is InChI=1S/C36H46N6O6S2/c1-35(2,22-43)26-9-16-42(17-10-26)36(3)13-4-6-23(8-14-36)25-20-24-11-18-48-30(24)29(21-25)50(47)41-27-12-19-49-31(27)32(44)40-28(33(45)46)7-5-15-39-34(37)38/h4,6,8,12-14,19-22,26,28,41H,5,7,9-11,15-18H2,1-3H3,(H,40,44)(H,45,46)(H4,37,38,39)/t28-,36?,50?/m0/s1. The number of guanidine groups is 1. The molecule has 2 aliphatic heterocycles. The third-order valence-corrected chi connectivity index (χ3v) is 11.8. The van der Waals surface area contributed by atoms with Gasteiger partial charge in [0.1, 0.15) is 27.9 Å². The molecule has 0 radical (unpaired) electrons. The Labute approximate surface area is 299 Å². The van der Waals surface area contributed by atoms with Gasteiger partial charge in [0.25, 0.3) is 5.91 Å². The Hall–Kier alpha value is -4.27. The highest BCUT2D eigenvalue weighted by atomic mass is 32.2. The molecule has 7 N–H and O–H groups in total. The molecule has 1 amide bonds. The second-order valence-electron chi connectivity index (χ2n) is 13.6. The highest BCUT2D eigenvalue weighted by Crippen LogP contribution is 2.39.